The monoisotopic (exact) mass is 614 g/mol. The summed E-state index contributed by atoms with van der Waals surface area (Å²) in [7, 11) is 0. The van der Waals surface area contributed by atoms with Crippen molar-refractivity contribution in [1.29, 1.82) is 0 Å². The largest absolute Gasteiger partial charge is 0.348 e. The van der Waals surface area contributed by atoms with Gasteiger partial charge in [0.2, 0.25) is 0 Å². The average molecular weight is 615 g/mol. The summed E-state index contributed by atoms with van der Waals surface area (Å²) in [6, 6.07) is 28.6. The number of nitrogens with zero attached hydrogens (tertiary/aromatic N) is 5. The van der Waals surface area contributed by atoms with Gasteiger partial charge in [0.25, 0.3) is 5.91 Å². The zero-order valence-corrected chi connectivity index (χ0v) is 25.4. The molecule has 3 aromatic carbocycles. The van der Waals surface area contributed by atoms with E-state index < -0.39 is 0 Å². The van der Waals surface area contributed by atoms with Gasteiger partial charge in [0.15, 0.2) is 5.16 Å². The molecule has 2 aromatic heterocycles. The lowest BCUT2D eigenvalue weighted by atomic mass is 10.0. The van der Waals surface area contributed by atoms with E-state index in [-0.39, 0.29) is 11.9 Å². The number of hydrogen-bond donors (Lipinski definition) is 1. The number of hydrogen-bond acceptors (Lipinski definition) is 7. The molecule has 0 unspecified atom stereocenters. The van der Waals surface area contributed by atoms with Gasteiger partial charge < -0.3 is 5.32 Å². The van der Waals surface area contributed by atoms with Crippen molar-refractivity contribution in [3.63, 3.8) is 0 Å². The minimum Gasteiger partial charge on any atom is -0.348 e. The number of aromatic nitrogens is 4. The highest BCUT2D eigenvalue weighted by atomic mass is 35.5. The smallest absolute Gasteiger partial charge is 0.270 e. The molecule has 0 radical (unpaired) electrons. The summed E-state index contributed by atoms with van der Waals surface area (Å²) < 4.78 is 2.05. The second-order valence-electron chi connectivity index (χ2n) is 10.3. The Morgan fingerprint density at radius 2 is 1.69 bits per heavy atom. The van der Waals surface area contributed by atoms with Crippen LogP contribution in [0.15, 0.2) is 95.5 Å². The zero-order valence-electron chi connectivity index (χ0n) is 23.0. The number of likely N-dealkylation sites (tertiary alicyclic amines) is 1. The number of amides is 1. The molecule has 1 fully saturated rings. The Labute approximate surface area is 259 Å². The van der Waals surface area contributed by atoms with Crippen LogP contribution in [0.5, 0.6) is 0 Å². The van der Waals surface area contributed by atoms with Crippen LogP contribution >= 0.6 is 34.7 Å². The van der Waals surface area contributed by atoms with E-state index in [1.807, 2.05) is 53.9 Å². The zero-order chi connectivity index (χ0) is 28.7. The van der Waals surface area contributed by atoms with E-state index in [0.717, 1.165) is 59.7 Å². The maximum Gasteiger partial charge on any atom is 0.270 e. The van der Waals surface area contributed by atoms with Crippen molar-refractivity contribution in [3.05, 3.63) is 123 Å². The number of thioether (sulfide) groups is 1. The highest BCUT2D eigenvalue weighted by Gasteiger charge is 2.23. The number of thiazole rings is 1. The van der Waals surface area contributed by atoms with Crippen LogP contribution in [0.4, 0.5) is 0 Å². The summed E-state index contributed by atoms with van der Waals surface area (Å²) in [5, 5.41) is 16.4. The molecular weight excluding hydrogens is 584 g/mol. The summed E-state index contributed by atoms with van der Waals surface area (Å²) in [6.07, 6.45) is 2.53. The molecule has 3 heterocycles. The van der Waals surface area contributed by atoms with Crippen LogP contribution in [0.25, 0.3) is 5.69 Å². The molecule has 1 saturated heterocycles. The quantitative estimate of drug-likeness (QED) is 0.177. The molecule has 0 bridgehead atoms. The van der Waals surface area contributed by atoms with Crippen molar-refractivity contribution in [1.82, 2.24) is 30.0 Å². The van der Waals surface area contributed by atoms with Crippen molar-refractivity contribution in [2.24, 2.45) is 0 Å². The van der Waals surface area contributed by atoms with Gasteiger partial charge >= 0.3 is 0 Å². The van der Waals surface area contributed by atoms with Crippen molar-refractivity contribution in [2.45, 2.75) is 42.8 Å². The fourth-order valence-electron chi connectivity index (χ4n) is 5.11. The Morgan fingerprint density at radius 3 is 2.43 bits per heavy atom. The molecule has 0 atom stereocenters. The van der Waals surface area contributed by atoms with Crippen molar-refractivity contribution >= 4 is 40.6 Å². The van der Waals surface area contributed by atoms with E-state index in [4.69, 9.17) is 11.6 Å². The average Bonchev–Trinajstić information content (AvgIpc) is 3.65. The molecular formula is C32H31ClN6OS2. The Kier molecular flexibility index (Phi) is 9.30. The number of carbonyl (C=O) groups excluding carboxylic acids is 1. The molecule has 0 saturated carbocycles. The Morgan fingerprint density at radius 1 is 0.952 bits per heavy atom. The Bertz CT molecular complexity index is 1620. The van der Waals surface area contributed by atoms with Crippen LogP contribution in [0.3, 0.4) is 0 Å². The van der Waals surface area contributed by atoms with Crippen molar-refractivity contribution in [2.75, 3.05) is 13.1 Å². The van der Waals surface area contributed by atoms with Crippen LogP contribution in [0.1, 0.15) is 45.3 Å². The highest BCUT2D eigenvalue weighted by molar-refractivity contribution is 7.98. The number of benzene rings is 3. The van der Waals surface area contributed by atoms with Gasteiger partial charge in [-0.05, 0) is 42.2 Å². The van der Waals surface area contributed by atoms with Gasteiger partial charge in [-0.25, -0.2) is 4.98 Å². The SMILES string of the molecule is O=C(NC1CCN(Cc2ccccc2)CC1)c1csc(CSc2nnc(Cc3ccccc3)n2-c2cccc(Cl)c2)n1. The summed E-state index contributed by atoms with van der Waals surface area (Å²) in [4.78, 5) is 20.1. The predicted molar refractivity (Wildman–Crippen MR) is 169 cm³/mol. The minimum atomic E-state index is -0.101. The number of carbonyl (C=O) groups is 1. The summed E-state index contributed by atoms with van der Waals surface area (Å²) >= 11 is 9.38. The first kappa shape index (κ1) is 28.6. The lowest BCUT2D eigenvalue weighted by molar-refractivity contribution is 0.0904. The van der Waals surface area contributed by atoms with E-state index in [9.17, 15) is 4.79 Å². The lowest BCUT2D eigenvalue weighted by Crippen LogP contribution is -2.44. The molecule has 10 heteroatoms. The van der Waals surface area contributed by atoms with E-state index in [1.165, 1.54) is 16.9 Å². The number of nitrogens with one attached hydrogen (secondary N) is 1. The van der Waals surface area contributed by atoms with Crippen molar-refractivity contribution in [3.8, 4) is 5.69 Å². The molecule has 1 amide bonds. The Balaban J connectivity index is 1.07. The molecule has 1 aliphatic rings. The maximum atomic E-state index is 13.0. The van der Waals surface area contributed by atoms with Crippen molar-refractivity contribution < 1.29 is 4.79 Å². The molecule has 7 nitrogen and oxygen atoms in total. The standard InChI is InChI=1S/C32H31ClN6OS2/c33-25-12-7-13-27(19-25)39-29(18-23-8-3-1-4-9-23)36-37-32(39)42-22-30-35-28(21-41-30)31(40)34-26-14-16-38(17-15-26)20-24-10-5-2-6-11-24/h1-13,19,21,26H,14-18,20,22H2,(H,34,40). The molecule has 0 spiro atoms. The van der Waals surface area contributed by atoms with Gasteiger partial charge in [0.1, 0.15) is 16.5 Å². The minimum absolute atomic E-state index is 0.101. The lowest BCUT2D eigenvalue weighted by Gasteiger charge is -2.32. The third-order valence-corrected chi connectivity index (χ3v) is 9.46. The topological polar surface area (TPSA) is 75.9 Å². The van der Waals surface area contributed by atoms with Gasteiger partial charge in [0.05, 0.1) is 11.4 Å². The van der Waals surface area contributed by atoms with Crippen LogP contribution in [-0.2, 0) is 18.7 Å². The molecule has 0 aliphatic carbocycles. The maximum absolute atomic E-state index is 13.0. The van der Waals surface area contributed by atoms with Crippen LogP contribution in [0.2, 0.25) is 5.02 Å². The van der Waals surface area contributed by atoms with Gasteiger partial charge in [-0.2, -0.15) is 0 Å². The number of piperidine rings is 1. The third kappa shape index (κ3) is 7.28. The van der Waals surface area contributed by atoms with Crippen LogP contribution < -0.4 is 5.32 Å². The van der Waals surface area contributed by atoms with E-state index in [2.05, 4.69) is 66.4 Å². The molecule has 1 N–H and O–H groups in total. The summed E-state index contributed by atoms with van der Waals surface area (Å²) in [6.45, 7) is 2.89. The molecule has 5 aromatic rings. The second-order valence-corrected chi connectivity index (χ2v) is 12.6. The molecule has 1 aliphatic heterocycles. The number of halogens is 1. The molecule has 6 rings (SSSR count). The third-order valence-electron chi connectivity index (χ3n) is 7.25. The van der Waals surface area contributed by atoms with E-state index >= 15 is 0 Å². The first-order valence-corrected chi connectivity index (χ1v) is 16.2. The summed E-state index contributed by atoms with van der Waals surface area (Å²) in [5.41, 5.74) is 3.87. The fraction of sp³-hybridized carbons (Fsp3) is 0.250. The first-order valence-electron chi connectivity index (χ1n) is 14.0. The van der Waals surface area contributed by atoms with E-state index in [1.54, 1.807) is 11.8 Å². The van der Waals surface area contributed by atoms with Gasteiger partial charge in [-0.1, -0.05) is 90.1 Å². The molecule has 214 valence electrons. The first-order chi connectivity index (χ1) is 20.6. The van der Waals surface area contributed by atoms with Gasteiger partial charge in [-0.15, -0.1) is 21.5 Å². The second kappa shape index (κ2) is 13.6. The van der Waals surface area contributed by atoms with Crippen LogP contribution in [0, 0.1) is 0 Å². The van der Waals surface area contributed by atoms with E-state index in [0.29, 0.717) is 22.9 Å². The molecule has 42 heavy (non-hydrogen) atoms. The van der Waals surface area contributed by atoms with Gasteiger partial charge in [0, 0.05) is 42.5 Å². The summed E-state index contributed by atoms with van der Waals surface area (Å²) in [5.74, 6) is 1.32. The number of rotatable bonds is 10. The predicted octanol–water partition coefficient (Wildman–Crippen LogP) is 6.65. The normalized spacial score (nSPS) is 14.2. The van der Waals surface area contributed by atoms with Crippen LogP contribution in [-0.4, -0.2) is 49.7 Å². The van der Waals surface area contributed by atoms with Gasteiger partial charge in [-0.3, -0.25) is 14.3 Å². The Hall–Kier alpha value is -3.50. The fourth-order valence-corrected chi connectivity index (χ4v) is 7.05. The highest BCUT2D eigenvalue weighted by Crippen LogP contribution is 2.28.